The van der Waals surface area contributed by atoms with E-state index in [1.807, 2.05) is 0 Å². The van der Waals surface area contributed by atoms with E-state index in [1.165, 1.54) is 193 Å². The summed E-state index contributed by atoms with van der Waals surface area (Å²) < 4.78 is 16.7. The minimum Gasteiger partial charge on any atom is -0.462 e. The van der Waals surface area contributed by atoms with Crippen LogP contribution in [0.25, 0.3) is 0 Å². The van der Waals surface area contributed by atoms with Crippen molar-refractivity contribution >= 4 is 17.9 Å². The van der Waals surface area contributed by atoms with Crippen LogP contribution >= 0.6 is 0 Å². The molecule has 0 amide bonds. The van der Waals surface area contributed by atoms with Gasteiger partial charge in [-0.3, -0.25) is 14.4 Å². The van der Waals surface area contributed by atoms with Crippen LogP contribution in [0.1, 0.15) is 297 Å². The topological polar surface area (TPSA) is 78.9 Å². The van der Waals surface area contributed by atoms with E-state index in [0.29, 0.717) is 19.3 Å². The first-order valence-corrected chi connectivity index (χ1v) is 26.7. The summed E-state index contributed by atoms with van der Waals surface area (Å²) in [6.45, 7) is 6.59. The molecule has 0 aromatic heterocycles. The predicted molar refractivity (Wildman–Crippen MR) is 256 cm³/mol. The van der Waals surface area contributed by atoms with Gasteiger partial charge < -0.3 is 14.2 Å². The van der Waals surface area contributed by atoms with E-state index in [0.717, 1.165) is 64.2 Å². The molecule has 1 unspecified atom stereocenters. The normalized spacial score (nSPS) is 12.0. The number of allylic oxidation sites excluding steroid dienone is 2. The standard InChI is InChI=1S/C54H102O6/c1-4-7-10-13-16-18-20-22-23-24-25-26-27-28-29-30-31-33-34-36-38-41-44-47-53(56)59-50-51(49-58-52(55)46-43-40-15-12-9-6-3)60-54(57)48-45-42-39-37-35-32-21-19-17-14-11-8-5-2/h19,21,51H,4-18,20,22-50H2,1-3H3/b21-19-. The van der Waals surface area contributed by atoms with Crippen molar-refractivity contribution < 1.29 is 28.6 Å². The molecule has 6 nitrogen and oxygen atoms in total. The highest BCUT2D eigenvalue weighted by Gasteiger charge is 2.19. The second kappa shape index (κ2) is 49.8. The molecular weight excluding hydrogens is 745 g/mol. The number of hydrogen-bond donors (Lipinski definition) is 0. The molecule has 0 N–H and O–H groups in total. The predicted octanol–water partition coefficient (Wildman–Crippen LogP) is 17.4. The van der Waals surface area contributed by atoms with Crippen LogP contribution in [-0.4, -0.2) is 37.2 Å². The number of carbonyl (C=O) groups is 3. The van der Waals surface area contributed by atoms with Crippen molar-refractivity contribution in [3.63, 3.8) is 0 Å². The Morgan fingerprint density at radius 2 is 0.550 bits per heavy atom. The zero-order valence-electron chi connectivity index (χ0n) is 40.5. The van der Waals surface area contributed by atoms with Crippen LogP contribution in [0.3, 0.4) is 0 Å². The maximum absolute atomic E-state index is 12.7. The van der Waals surface area contributed by atoms with Gasteiger partial charge in [0.05, 0.1) is 0 Å². The van der Waals surface area contributed by atoms with Gasteiger partial charge in [0.25, 0.3) is 0 Å². The quantitative estimate of drug-likeness (QED) is 0.0263. The van der Waals surface area contributed by atoms with Gasteiger partial charge in [0, 0.05) is 19.3 Å². The molecule has 0 radical (unpaired) electrons. The van der Waals surface area contributed by atoms with Crippen LogP contribution in [0.2, 0.25) is 0 Å². The lowest BCUT2D eigenvalue weighted by Gasteiger charge is -2.18. The second-order valence-electron chi connectivity index (χ2n) is 18.2. The summed E-state index contributed by atoms with van der Waals surface area (Å²) in [7, 11) is 0. The zero-order chi connectivity index (χ0) is 43.7. The average molecular weight is 847 g/mol. The molecule has 354 valence electrons. The van der Waals surface area contributed by atoms with Gasteiger partial charge in [-0.2, -0.15) is 0 Å². The minimum atomic E-state index is -0.766. The third-order valence-corrected chi connectivity index (χ3v) is 12.0. The van der Waals surface area contributed by atoms with E-state index in [-0.39, 0.29) is 31.1 Å². The first-order chi connectivity index (χ1) is 29.5. The SMILES string of the molecule is CCCCCC/C=C\CCCCCCCC(=O)OC(COC(=O)CCCCCCCC)COC(=O)CCCCCCCCCCCCCCCCCCCCCCCCC. The second-order valence-corrected chi connectivity index (χ2v) is 18.2. The Morgan fingerprint density at radius 3 is 0.850 bits per heavy atom. The summed E-state index contributed by atoms with van der Waals surface area (Å²) >= 11 is 0. The van der Waals surface area contributed by atoms with Gasteiger partial charge in [0.1, 0.15) is 13.2 Å². The Labute approximate surface area is 373 Å². The summed E-state index contributed by atoms with van der Waals surface area (Å²) in [4.78, 5) is 37.7. The smallest absolute Gasteiger partial charge is 0.306 e. The molecule has 0 fully saturated rings. The molecule has 0 aliphatic heterocycles. The van der Waals surface area contributed by atoms with Crippen LogP contribution in [0.4, 0.5) is 0 Å². The van der Waals surface area contributed by atoms with Crippen molar-refractivity contribution in [2.75, 3.05) is 13.2 Å². The first kappa shape index (κ1) is 58.1. The molecule has 0 aliphatic rings. The lowest BCUT2D eigenvalue weighted by Crippen LogP contribution is -2.30. The van der Waals surface area contributed by atoms with Crippen LogP contribution in [0.15, 0.2) is 12.2 Å². The largest absolute Gasteiger partial charge is 0.462 e. The number of unbranched alkanes of at least 4 members (excludes halogenated alkanes) is 36. The highest BCUT2D eigenvalue weighted by molar-refractivity contribution is 5.71. The van der Waals surface area contributed by atoms with E-state index < -0.39 is 6.10 Å². The maximum atomic E-state index is 12.7. The summed E-state index contributed by atoms with van der Waals surface area (Å²) in [5, 5.41) is 0. The fourth-order valence-corrected chi connectivity index (χ4v) is 7.97. The van der Waals surface area contributed by atoms with Gasteiger partial charge in [-0.05, 0) is 44.9 Å². The zero-order valence-corrected chi connectivity index (χ0v) is 40.5. The fourth-order valence-electron chi connectivity index (χ4n) is 7.97. The molecule has 0 aliphatic carbocycles. The summed E-state index contributed by atoms with van der Waals surface area (Å²) in [5.74, 6) is -0.873. The summed E-state index contributed by atoms with van der Waals surface area (Å²) in [6.07, 6.45) is 55.2. The van der Waals surface area contributed by atoms with E-state index in [2.05, 4.69) is 32.9 Å². The number of rotatable bonds is 49. The fraction of sp³-hybridized carbons (Fsp3) is 0.907. The van der Waals surface area contributed by atoms with Crippen molar-refractivity contribution in [3.05, 3.63) is 12.2 Å². The van der Waals surface area contributed by atoms with Gasteiger partial charge in [-0.15, -0.1) is 0 Å². The van der Waals surface area contributed by atoms with E-state index in [9.17, 15) is 14.4 Å². The maximum Gasteiger partial charge on any atom is 0.306 e. The highest BCUT2D eigenvalue weighted by Crippen LogP contribution is 2.17. The summed E-state index contributed by atoms with van der Waals surface area (Å²) in [5.41, 5.74) is 0. The Hall–Kier alpha value is -1.85. The van der Waals surface area contributed by atoms with Crippen molar-refractivity contribution in [1.29, 1.82) is 0 Å². The Bertz CT molecular complexity index is 931. The molecule has 0 rings (SSSR count). The molecule has 0 aromatic rings. The molecule has 60 heavy (non-hydrogen) atoms. The van der Waals surface area contributed by atoms with Gasteiger partial charge in [0.15, 0.2) is 6.10 Å². The number of esters is 3. The van der Waals surface area contributed by atoms with Crippen LogP contribution < -0.4 is 0 Å². The van der Waals surface area contributed by atoms with Crippen molar-refractivity contribution in [2.24, 2.45) is 0 Å². The Balaban J connectivity index is 4.06. The molecule has 0 saturated heterocycles. The monoisotopic (exact) mass is 847 g/mol. The number of carbonyl (C=O) groups excluding carboxylic acids is 3. The molecule has 0 heterocycles. The third-order valence-electron chi connectivity index (χ3n) is 12.0. The van der Waals surface area contributed by atoms with Crippen molar-refractivity contribution in [2.45, 2.75) is 303 Å². The summed E-state index contributed by atoms with van der Waals surface area (Å²) in [6, 6.07) is 0. The molecule has 0 saturated carbocycles. The Kier molecular flexibility index (Phi) is 48.3. The Morgan fingerprint density at radius 1 is 0.317 bits per heavy atom. The highest BCUT2D eigenvalue weighted by atomic mass is 16.6. The van der Waals surface area contributed by atoms with Crippen molar-refractivity contribution in [3.8, 4) is 0 Å². The molecule has 0 aromatic carbocycles. The molecule has 6 heteroatoms. The van der Waals surface area contributed by atoms with Gasteiger partial charge in [-0.25, -0.2) is 0 Å². The van der Waals surface area contributed by atoms with E-state index >= 15 is 0 Å². The van der Waals surface area contributed by atoms with E-state index in [4.69, 9.17) is 14.2 Å². The third kappa shape index (κ3) is 47.2. The molecular formula is C54H102O6. The average Bonchev–Trinajstić information content (AvgIpc) is 3.24. The molecule has 0 bridgehead atoms. The van der Waals surface area contributed by atoms with E-state index in [1.54, 1.807) is 0 Å². The first-order valence-electron chi connectivity index (χ1n) is 26.7. The molecule has 1 atom stereocenters. The number of ether oxygens (including phenoxy) is 3. The minimum absolute atomic E-state index is 0.0691. The van der Waals surface area contributed by atoms with Crippen LogP contribution in [0, 0.1) is 0 Å². The van der Waals surface area contributed by atoms with Gasteiger partial charge in [-0.1, -0.05) is 245 Å². The van der Waals surface area contributed by atoms with Gasteiger partial charge in [0.2, 0.25) is 0 Å². The molecule has 0 spiro atoms. The van der Waals surface area contributed by atoms with Crippen molar-refractivity contribution in [1.82, 2.24) is 0 Å². The number of hydrogen-bond acceptors (Lipinski definition) is 6. The lowest BCUT2D eigenvalue weighted by molar-refractivity contribution is -0.167. The van der Waals surface area contributed by atoms with Gasteiger partial charge >= 0.3 is 17.9 Å². The lowest BCUT2D eigenvalue weighted by atomic mass is 10.0. The van der Waals surface area contributed by atoms with Crippen LogP contribution in [-0.2, 0) is 28.6 Å². The van der Waals surface area contributed by atoms with Crippen LogP contribution in [0.5, 0.6) is 0 Å².